The SMILES string of the molecule is C=CCOC(=O)N[C@@H]1[C@@H](O)[C@@H](OC(=O)Nc2ccc(C#N)cc2)[C@@H](CN=[N+]=[N-])O[C@@H]1SCCCC(N)=O. The highest BCUT2D eigenvalue weighted by Gasteiger charge is 2.48. The summed E-state index contributed by atoms with van der Waals surface area (Å²) in [5.74, 6) is -0.0880. The van der Waals surface area contributed by atoms with Crippen LogP contribution >= 0.6 is 11.8 Å². The first-order valence-electron chi connectivity index (χ1n) is 11.0. The molecule has 2 rings (SSSR count). The van der Waals surface area contributed by atoms with Gasteiger partial charge >= 0.3 is 12.2 Å². The molecule has 0 radical (unpaired) electrons. The highest BCUT2D eigenvalue weighted by Crippen LogP contribution is 2.31. The molecule has 0 saturated carbocycles. The van der Waals surface area contributed by atoms with Crippen LogP contribution in [0.15, 0.2) is 42.0 Å². The van der Waals surface area contributed by atoms with Crippen LogP contribution in [0.3, 0.4) is 0 Å². The first kappa shape index (κ1) is 29.3. The van der Waals surface area contributed by atoms with Crippen molar-refractivity contribution in [1.82, 2.24) is 5.32 Å². The molecule has 14 nitrogen and oxygen atoms in total. The fourth-order valence-electron chi connectivity index (χ4n) is 3.28. The molecule has 1 aliphatic heterocycles. The molecule has 5 N–H and O–H groups in total. The van der Waals surface area contributed by atoms with Crippen LogP contribution in [0.2, 0.25) is 0 Å². The molecule has 0 aromatic heterocycles. The summed E-state index contributed by atoms with van der Waals surface area (Å²) in [6, 6.07) is 6.82. The number of carbonyl (C=O) groups is 3. The summed E-state index contributed by atoms with van der Waals surface area (Å²) >= 11 is 1.18. The lowest BCUT2D eigenvalue weighted by Gasteiger charge is -2.43. The molecule has 0 bridgehead atoms. The molecule has 1 fully saturated rings. The molecule has 15 heteroatoms. The molecule has 198 valence electrons. The molecule has 1 heterocycles. The van der Waals surface area contributed by atoms with E-state index in [1.165, 1.54) is 42.1 Å². The van der Waals surface area contributed by atoms with Gasteiger partial charge in [0, 0.05) is 17.0 Å². The number of azide groups is 1. The van der Waals surface area contributed by atoms with E-state index >= 15 is 0 Å². The van der Waals surface area contributed by atoms with Crippen molar-refractivity contribution in [3.05, 3.63) is 52.9 Å². The second-order valence-corrected chi connectivity index (χ2v) is 8.84. The minimum atomic E-state index is -1.50. The van der Waals surface area contributed by atoms with Gasteiger partial charge in [-0.2, -0.15) is 5.26 Å². The Kier molecular flexibility index (Phi) is 12.0. The lowest BCUT2D eigenvalue weighted by molar-refractivity contribution is -0.154. The maximum Gasteiger partial charge on any atom is 0.412 e. The van der Waals surface area contributed by atoms with Crippen molar-refractivity contribution in [2.45, 2.75) is 42.6 Å². The highest BCUT2D eigenvalue weighted by atomic mass is 32.2. The van der Waals surface area contributed by atoms with Crippen LogP contribution < -0.4 is 16.4 Å². The summed E-state index contributed by atoms with van der Waals surface area (Å²) < 4.78 is 16.3. The number of thioether (sulfide) groups is 1. The number of hydrogen-bond acceptors (Lipinski definition) is 10. The fourth-order valence-corrected chi connectivity index (χ4v) is 4.48. The summed E-state index contributed by atoms with van der Waals surface area (Å²) in [5, 5.41) is 28.5. The van der Waals surface area contributed by atoms with E-state index in [2.05, 4.69) is 27.2 Å². The maximum atomic E-state index is 12.6. The number of aliphatic hydroxyl groups excluding tert-OH is 1. The number of nitrogens with two attached hydrogens (primary N) is 1. The smallest absolute Gasteiger partial charge is 0.412 e. The molecule has 0 unspecified atom stereocenters. The van der Waals surface area contributed by atoms with Crippen molar-refractivity contribution in [2.75, 3.05) is 24.2 Å². The van der Waals surface area contributed by atoms with Gasteiger partial charge < -0.3 is 30.4 Å². The largest absolute Gasteiger partial charge is 0.445 e. The van der Waals surface area contributed by atoms with Gasteiger partial charge in [-0.05, 0) is 42.0 Å². The van der Waals surface area contributed by atoms with E-state index in [4.69, 9.17) is 30.7 Å². The number of ether oxygens (including phenoxy) is 3. The van der Waals surface area contributed by atoms with Crippen LogP contribution in [0, 0.1) is 11.3 Å². The lowest BCUT2D eigenvalue weighted by atomic mass is 9.97. The number of nitrogens with zero attached hydrogens (tertiary/aromatic N) is 4. The molecule has 37 heavy (non-hydrogen) atoms. The van der Waals surface area contributed by atoms with Crippen molar-refractivity contribution < 1.29 is 33.7 Å². The predicted octanol–water partition coefficient (Wildman–Crippen LogP) is 2.15. The minimum Gasteiger partial charge on any atom is -0.445 e. The Morgan fingerprint density at radius 3 is 2.70 bits per heavy atom. The fraction of sp³-hybridized carbons (Fsp3) is 0.455. The number of carbonyl (C=O) groups excluding carboxylic acids is 3. The third kappa shape index (κ3) is 9.54. The molecule has 5 atom stereocenters. The third-order valence-corrected chi connectivity index (χ3v) is 6.23. The number of amides is 3. The lowest BCUT2D eigenvalue weighted by Crippen LogP contribution is -2.64. The summed E-state index contributed by atoms with van der Waals surface area (Å²) in [4.78, 5) is 38.5. The second kappa shape index (κ2) is 15.2. The Balaban J connectivity index is 2.20. The number of hydrogen-bond donors (Lipinski definition) is 4. The Morgan fingerprint density at radius 1 is 1.35 bits per heavy atom. The number of aliphatic hydroxyl groups is 1. The Bertz CT molecular complexity index is 1040. The van der Waals surface area contributed by atoms with Crippen molar-refractivity contribution in [3.63, 3.8) is 0 Å². The van der Waals surface area contributed by atoms with Crippen LogP contribution in [0.25, 0.3) is 10.4 Å². The number of nitriles is 1. The second-order valence-electron chi connectivity index (χ2n) is 7.63. The highest BCUT2D eigenvalue weighted by molar-refractivity contribution is 7.99. The minimum absolute atomic E-state index is 0.0850. The van der Waals surface area contributed by atoms with E-state index in [0.717, 1.165) is 0 Å². The maximum absolute atomic E-state index is 12.6. The van der Waals surface area contributed by atoms with Crippen LogP contribution in [0.1, 0.15) is 18.4 Å². The predicted molar refractivity (Wildman–Crippen MR) is 133 cm³/mol. The van der Waals surface area contributed by atoms with Gasteiger partial charge in [-0.3, -0.25) is 10.1 Å². The Labute approximate surface area is 216 Å². The molecule has 1 aliphatic rings. The summed E-state index contributed by atoms with van der Waals surface area (Å²) in [6.07, 6.45) is -3.83. The van der Waals surface area contributed by atoms with E-state index in [0.29, 0.717) is 23.4 Å². The van der Waals surface area contributed by atoms with Crippen molar-refractivity contribution in [1.29, 1.82) is 5.26 Å². The molecule has 0 aliphatic carbocycles. The molecule has 1 aromatic carbocycles. The average molecular weight is 534 g/mol. The van der Waals surface area contributed by atoms with Gasteiger partial charge in [0.2, 0.25) is 5.91 Å². The Morgan fingerprint density at radius 2 is 2.08 bits per heavy atom. The molecular formula is C22H27N7O7S. The quantitative estimate of drug-likeness (QED) is 0.101. The summed E-state index contributed by atoms with van der Waals surface area (Å²) in [7, 11) is 0. The van der Waals surface area contributed by atoms with E-state index in [-0.39, 0.29) is 19.6 Å². The van der Waals surface area contributed by atoms with Gasteiger partial charge in [0.05, 0.1) is 24.2 Å². The van der Waals surface area contributed by atoms with E-state index in [1.54, 1.807) is 0 Å². The molecular weight excluding hydrogens is 506 g/mol. The molecule has 0 spiro atoms. The normalized spacial score (nSPS) is 22.4. The molecule has 1 aromatic rings. The van der Waals surface area contributed by atoms with Gasteiger partial charge in [-0.1, -0.05) is 17.8 Å². The first-order valence-corrected chi connectivity index (χ1v) is 12.1. The van der Waals surface area contributed by atoms with E-state index < -0.39 is 47.9 Å². The average Bonchev–Trinajstić information content (AvgIpc) is 2.88. The zero-order chi connectivity index (χ0) is 27.2. The van der Waals surface area contributed by atoms with Crippen LogP contribution in [-0.4, -0.2) is 71.9 Å². The van der Waals surface area contributed by atoms with E-state index in [1.807, 2.05) is 6.07 Å². The number of rotatable bonds is 12. The van der Waals surface area contributed by atoms with Crippen LogP contribution in [0.5, 0.6) is 0 Å². The Hall–Kier alpha value is -3.96. The van der Waals surface area contributed by atoms with Gasteiger partial charge in [-0.15, -0.1) is 11.8 Å². The zero-order valence-electron chi connectivity index (χ0n) is 19.7. The number of benzene rings is 1. The zero-order valence-corrected chi connectivity index (χ0v) is 20.5. The first-order chi connectivity index (χ1) is 17.8. The number of alkyl carbamates (subject to hydrolysis) is 1. The van der Waals surface area contributed by atoms with Gasteiger partial charge in [0.1, 0.15) is 24.3 Å². The number of primary amides is 1. The molecule has 1 saturated heterocycles. The van der Waals surface area contributed by atoms with Crippen LogP contribution in [0.4, 0.5) is 15.3 Å². The van der Waals surface area contributed by atoms with Crippen molar-refractivity contribution in [3.8, 4) is 6.07 Å². The molecule has 3 amide bonds. The van der Waals surface area contributed by atoms with E-state index in [9.17, 15) is 19.5 Å². The van der Waals surface area contributed by atoms with Gasteiger partial charge in [-0.25, -0.2) is 9.59 Å². The third-order valence-electron chi connectivity index (χ3n) is 4.97. The van der Waals surface area contributed by atoms with Crippen molar-refractivity contribution in [2.24, 2.45) is 10.8 Å². The number of anilines is 1. The standard InChI is InChI=1S/C22H27N7O7S/c1-2-9-34-21(32)28-17-18(31)19(36-22(33)27-14-7-5-13(11-23)6-8-14)15(12-26-29-25)35-20(17)37-10-3-4-16(24)30/h2,5-8,15,17-20,31H,1,3-4,9-10,12H2,(H2,24,30)(H,27,33)(H,28,32)/t15-,17-,18-,19+,20-/m1/s1. The summed E-state index contributed by atoms with van der Waals surface area (Å²) in [5.41, 5.74) is 13.8. The topological polar surface area (TPSA) is 222 Å². The monoisotopic (exact) mass is 533 g/mol. The number of nitrogens with one attached hydrogen (secondary N) is 2. The van der Waals surface area contributed by atoms with Gasteiger partial charge in [0.25, 0.3) is 0 Å². The van der Waals surface area contributed by atoms with Crippen molar-refractivity contribution >= 4 is 35.5 Å². The van der Waals surface area contributed by atoms with Gasteiger partial charge in [0.15, 0.2) is 6.10 Å². The summed E-state index contributed by atoms with van der Waals surface area (Å²) in [6.45, 7) is 3.09. The van der Waals surface area contributed by atoms with Crippen LogP contribution in [-0.2, 0) is 19.0 Å².